The normalized spacial score (nSPS) is 12.3. The molecule has 4 nitrogen and oxygen atoms in total. The molecule has 0 spiro atoms. The molecule has 2 rings (SSSR count). The first-order valence-corrected chi connectivity index (χ1v) is 16.1. The van der Waals surface area contributed by atoms with Crippen molar-refractivity contribution in [3.63, 3.8) is 0 Å². The molecule has 0 saturated heterocycles. The molecule has 0 saturated carbocycles. The van der Waals surface area contributed by atoms with E-state index in [4.69, 9.17) is 0 Å². The third-order valence-corrected chi connectivity index (χ3v) is 8.04. The average molecular weight is 744 g/mol. The molecule has 2 amide bonds. The Morgan fingerprint density at radius 1 is 0.605 bits per heavy atom. The van der Waals surface area contributed by atoms with Crippen molar-refractivity contribution in [2.75, 3.05) is 9.80 Å². The van der Waals surface area contributed by atoms with Crippen molar-refractivity contribution in [3.05, 3.63) is 57.5 Å². The number of anilines is 2. The summed E-state index contributed by atoms with van der Waals surface area (Å²) in [6, 6.07) is 9.42. The number of hydrogen-bond acceptors (Lipinski definition) is 2. The van der Waals surface area contributed by atoms with Crippen LogP contribution in [0.4, 0.5) is 37.7 Å². The van der Waals surface area contributed by atoms with Gasteiger partial charge >= 0.3 is 18.0 Å². The Kier molecular flexibility index (Phi) is 14.5. The van der Waals surface area contributed by atoms with E-state index in [1.54, 1.807) is 0 Å². The van der Waals surface area contributed by atoms with E-state index >= 15 is 26.3 Å². The van der Waals surface area contributed by atoms with Gasteiger partial charge in [-0.05, 0) is 49.2 Å². The number of hydrogen-bond donors (Lipinski definition) is 0. The van der Waals surface area contributed by atoms with Crippen LogP contribution in [0, 0.1) is 0 Å². The van der Waals surface area contributed by atoms with Gasteiger partial charge in [-0.2, -0.15) is 26.3 Å². The number of carbonyl (C=O) groups excluding carboxylic acids is 2. The zero-order valence-electron chi connectivity index (χ0n) is 24.3. The van der Waals surface area contributed by atoms with Gasteiger partial charge in [-0.15, -0.1) is 0 Å². The number of rotatable bonds is 16. The quantitative estimate of drug-likeness (QED) is 0.0976. The van der Waals surface area contributed by atoms with Crippen LogP contribution in [0.2, 0.25) is 0 Å². The zero-order valence-corrected chi connectivity index (χ0v) is 27.5. The Morgan fingerprint density at radius 3 is 1.26 bits per heavy atom. The molecular weight excluding hydrogens is 706 g/mol. The lowest BCUT2D eigenvalue weighted by Gasteiger charge is -2.51. The summed E-state index contributed by atoms with van der Waals surface area (Å²) in [6.45, 7) is 3.91. The molecule has 0 aliphatic heterocycles. The molecule has 2 aromatic carbocycles. The van der Waals surface area contributed by atoms with E-state index in [1.165, 1.54) is 24.3 Å². The third-order valence-electron chi connectivity index (χ3n) is 7.06. The average Bonchev–Trinajstić information content (AvgIpc) is 2.91. The van der Waals surface area contributed by atoms with Crippen LogP contribution in [-0.4, -0.2) is 29.8 Å². The molecule has 0 heterocycles. The highest BCUT2D eigenvalue weighted by atomic mass is 79.9. The number of halogens is 8. The van der Waals surface area contributed by atoms with Crippen molar-refractivity contribution in [2.24, 2.45) is 0 Å². The van der Waals surface area contributed by atoms with Crippen LogP contribution in [0.3, 0.4) is 0 Å². The molecule has 240 valence electrons. The predicted molar refractivity (Wildman–Crippen MR) is 165 cm³/mol. The number of amides is 2. The fraction of sp³-hybridized carbons (Fsp3) is 0.548. The van der Waals surface area contributed by atoms with Crippen LogP contribution < -0.4 is 9.80 Å². The molecule has 0 unspecified atom stereocenters. The lowest BCUT2D eigenvalue weighted by Crippen LogP contribution is -2.79. The molecular formula is C31H38Br2F6N2O2. The maximum Gasteiger partial charge on any atom is 0.441 e. The summed E-state index contributed by atoms with van der Waals surface area (Å²) in [5, 5.41) is 0. The summed E-state index contributed by atoms with van der Waals surface area (Å²) in [4.78, 5) is 27.0. The molecule has 0 aromatic heterocycles. The highest BCUT2D eigenvalue weighted by Gasteiger charge is 2.80. The Hall–Kier alpha value is -2.08. The fourth-order valence-electron chi connectivity index (χ4n) is 5.00. The van der Waals surface area contributed by atoms with E-state index in [9.17, 15) is 9.59 Å². The fourth-order valence-corrected chi connectivity index (χ4v) is 5.78. The minimum atomic E-state index is -6.16. The number of unbranched alkanes of at least 4 members (excludes halogenated alkanes) is 8. The van der Waals surface area contributed by atoms with Crippen LogP contribution in [0.25, 0.3) is 0 Å². The van der Waals surface area contributed by atoms with Gasteiger partial charge in [0.05, 0.1) is 0 Å². The van der Waals surface area contributed by atoms with Gasteiger partial charge in [-0.25, -0.2) is 0 Å². The minimum absolute atomic E-state index is 0.0946. The van der Waals surface area contributed by atoms with Crippen LogP contribution in [0.1, 0.15) is 90.9 Å². The van der Waals surface area contributed by atoms with Gasteiger partial charge in [-0.1, -0.05) is 109 Å². The maximum absolute atomic E-state index is 15.5. The first kappa shape index (κ1) is 37.1. The molecule has 0 atom stereocenters. The van der Waals surface area contributed by atoms with Crippen LogP contribution in [0.15, 0.2) is 57.5 Å². The number of benzene rings is 2. The van der Waals surface area contributed by atoms with E-state index < -0.39 is 54.0 Å². The van der Waals surface area contributed by atoms with Gasteiger partial charge in [0.2, 0.25) is 11.8 Å². The van der Waals surface area contributed by atoms with Gasteiger partial charge in [0.15, 0.2) is 0 Å². The Labute approximate surface area is 266 Å². The van der Waals surface area contributed by atoms with Crippen LogP contribution in [0.5, 0.6) is 0 Å². The largest absolute Gasteiger partial charge is 0.441 e. The van der Waals surface area contributed by atoms with Crippen molar-refractivity contribution in [3.8, 4) is 0 Å². The first-order chi connectivity index (χ1) is 20.2. The van der Waals surface area contributed by atoms with Gasteiger partial charge in [0.25, 0.3) is 0 Å². The summed E-state index contributed by atoms with van der Waals surface area (Å²) in [6.07, 6.45) is -7.60. The van der Waals surface area contributed by atoms with Gasteiger partial charge < -0.3 is 0 Å². The second kappa shape index (κ2) is 16.8. The van der Waals surface area contributed by atoms with E-state index in [-0.39, 0.29) is 31.6 Å². The van der Waals surface area contributed by atoms with Crippen molar-refractivity contribution in [1.29, 1.82) is 0 Å². The summed E-state index contributed by atoms with van der Waals surface area (Å²) in [5.41, 5.74) is -6.32. The van der Waals surface area contributed by atoms with Gasteiger partial charge in [0, 0.05) is 33.2 Å². The van der Waals surface area contributed by atoms with Crippen molar-refractivity contribution in [2.45, 2.75) is 109 Å². The monoisotopic (exact) mass is 742 g/mol. The van der Waals surface area contributed by atoms with Gasteiger partial charge in [-0.3, -0.25) is 19.4 Å². The molecule has 0 fully saturated rings. The van der Waals surface area contributed by atoms with Crippen LogP contribution >= 0.6 is 31.9 Å². The second-order valence-electron chi connectivity index (χ2n) is 10.4. The standard InChI is InChI=1S/C31H38Br2F6N2O2/c1-3-5-7-9-11-19-27(42)40(25-17-13-15-23(32)21-25)29(30(34,35)36,31(37,38)39)41(26-18-14-16-24(33)22-26)28(43)20-12-10-8-6-4-2/h13-18,21-22H,3-12,19-20H2,1-2H3. The molecule has 0 aliphatic carbocycles. The highest BCUT2D eigenvalue weighted by molar-refractivity contribution is 9.10. The van der Waals surface area contributed by atoms with Crippen LogP contribution in [-0.2, 0) is 9.59 Å². The zero-order chi connectivity index (χ0) is 32.3. The molecule has 12 heteroatoms. The van der Waals surface area contributed by atoms with E-state index in [0.717, 1.165) is 49.9 Å². The van der Waals surface area contributed by atoms with Gasteiger partial charge in [0.1, 0.15) is 0 Å². The number of nitrogens with zero attached hydrogens (tertiary/aromatic N) is 2. The topological polar surface area (TPSA) is 40.6 Å². The number of carbonyl (C=O) groups is 2. The summed E-state index contributed by atoms with van der Waals surface area (Å²) < 4.78 is 93.4. The maximum atomic E-state index is 15.5. The smallest absolute Gasteiger partial charge is 0.274 e. The molecule has 43 heavy (non-hydrogen) atoms. The third kappa shape index (κ3) is 9.45. The number of alkyl halides is 6. The van der Waals surface area contributed by atoms with Crippen molar-refractivity contribution in [1.82, 2.24) is 0 Å². The summed E-state index contributed by atoms with van der Waals surface area (Å²) in [7, 11) is 0. The van der Waals surface area contributed by atoms with E-state index in [1.807, 2.05) is 13.8 Å². The van der Waals surface area contributed by atoms with E-state index in [2.05, 4.69) is 31.9 Å². The van der Waals surface area contributed by atoms with E-state index in [0.29, 0.717) is 25.7 Å². The van der Waals surface area contributed by atoms with Crippen molar-refractivity contribution < 1.29 is 35.9 Å². The molecule has 0 bridgehead atoms. The molecule has 0 radical (unpaired) electrons. The Bertz CT molecular complexity index is 1100. The highest BCUT2D eigenvalue weighted by Crippen LogP contribution is 2.53. The summed E-state index contributed by atoms with van der Waals surface area (Å²) in [5.74, 6) is -2.78. The SMILES string of the molecule is CCCCCCCC(=O)N(c1cccc(Br)c1)C(N(C(=O)CCCCCCC)c1cccc(Br)c1)(C(F)(F)F)C(F)(F)F. The first-order valence-electron chi connectivity index (χ1n) is 14.5. The second-order valence-corrected chi connectivity index (χ2v) is 12.2. The molecule has 0 N–H and O–H groups in total. The Balaban J connectivity index is 2.88. The summed E-state index contributed by atoms with van der Waals surface area (Å²) >= 11 is 6.23. The Morgan fingerprint density at radius 2 is 0.953 bits per heavy atom. The minimum Gasteiger partial charge on any atom is -0.274 e. The van der Waals surface area contributed by atoms with Crippen molar-refractivity contribution >= 4 is 55.0 Å². The molecule has 2 aromatic rings. The lowest BCUT2D eigenvalue weighted by atomic mass is 9.98. The lowest BCUT2D eigenvalue weighted by molar-refractivity contribution is -0.295. The molecule has 0 aliphatic rings. The predicted octanol–water partition coefficient (Wildman–Crippen LogP) is 11.1.